The maximum absolute atomic E-state index is 12.3. The fourth-order valence-electron chi connectivity index (χ4n) is 3.25. The number of likely N-dealkylation sites (N-methyl/N-ethyl adjacent to an activating group) is 1. The van der Waals surface area contributed by atoms with Crippen LogP contribution in [0.4, 0.5) is 0 Å². The summed E-state index contributed by atoms with van der Waals surface area (Å²) in [6.07, 6.45) is 4.40. The van der Waals surface area contributed by atoms with E-state index < -0.39 is 0 Å². The quantitative estimate of drug-likeness (QED) is 0.800. The normalized spacial score (nSPS) is 25.2. The van der Waals surface area contributed by atoms with E-state index in [0.29, 0.717) is 36.6 Å². The number of hydrogen-bond donors (Lipinski definition) is 0. The van der Waals surface area contributed by atoms with Crippen LogP contribution in [0.3, 0.4) is 0 Å². The highest BCUT2D eigenvalue weighted by Crippen LogP contribution is 2.38. The Labute approximate surface area is 131 Å². The fourth-order valence-corrected chi connectivity index (χ4v) is 3.25. The van der Waals surface area contributed by atoms with Crippen LogP contribution in [0.2, 0.25) is 0 Å². The molecule has 2 aliphatic rings. The average Bonchev–Trinajstić information content (AvgIpc) is 3.08. The summed E-state index contributed by atoms with van der Waals surface area (Å²) in [5.74, 6) is 2.83. The van der Waals surface area contributed by atoms with E-state index in [1.165, 1.54) is 12.8 Å². The van der Waals surface area contributed by atoms with Gasteiger partial charge in [-0.15, -0.1) is 0 Å². The highest BCUT2D eigenvalue weighted by molar-refractivity contribution is 5.76. The van der Waals surface area contributed by atoms with Crippen molar-refractivity contribution in [3.05, 3.63) is 11.7 Å². The van der Waals surface area contributed by atoms with Gasteiger partial charge in [-0.3, -0.25) is 4.79 Å². The molecule has 2 heterocycles. The van der Waals surface area contributed by atoms with Gasteiger partial charge in [0.25, 0.3) is 0 Å². The molecule has 2 fully saturated rings. The average molecular weight is 306 g/mol. The lowest BCUT2D eigenvalue weighted by Crippen LogP contribution is -2.35. The minimum atomic E-state index is 0.248. The van der Waals surface area contributed by atoms with E-state index in [-0.39, 0.29) is 5.91 Å². The standard InChI is InChI=1S/C16H26N4O2/c1-11-9-20(10-13(11)19(2)3)15(21)6-4-5-14-17-16(18-22-14)12-7-8-12/h11-13H,4-10H2,1-3H3/t11-,13+/m0/s1. The molecule has 0 aromatic carbocycles. The number of carbonyl (C=O) groups is 1. The van der Waals surface area contributed by atoms with E-state index in [0.717, 1.165) is 25.3 Å². The van der Waals surface area contributed by atoms with Crippen LogP contribution in [0.25, 0.3) is 0 Å². The van der Waals surface area contributed by atoms with Gasteiger partial charge in [-0.1, -0.05) is 12.1 Å². The van der Waals surface area contributed by atoms with Crippen LogP contribution in [-0.2, 0) is 11.2 Å². The number of nitrogens with zero attached hydrogens (tertiary/aromatic N) is 4. The second kappa shape index (κ2) is 6.36. The van der Waals surface area contributed by atoms with Gasteiger partial charge in [0.2, 0.25) is 11.8 Å². The molecular formula is C16H26N4O2. The zero-order valence-corrected chi connectivity index (χ0v) is 13.8. The van der Waals surface area contributed by atoms with Gasteiger partial charge in [-0.05, 0) is 39.3 Å². The lowest BCUT2D eigenvalue weighted by molar-refractivity contribution is -0.130. The Morgan fingerprint density at radius 2 is 2.14 bits per heavy atom. The Morgan fingerprint density at radius 3 is 2.77 bits per heavy atom. The molecular weight excluding hydrogens is 280 g/mol. The van der Waals surface area contributed by atoms with E-state index in [1.54, 1.807) is 0 Å². The third kappa shape index (κ3) is 3.48. The molecule has 0 unspecified atom stereocenters. The smallest absolute Gasteiger partial charge is 0.226 e. The Morgan fingerprint density at radius 1 is 1.36 bits per heavy atom. The first-order chi connectivity index (χ1) is 10.5. The summed E-state index contributed by atoms with van der Waals surface area (Å²) in [7, 11) is 4.17. The maximum Gasteiger partial charge on any atom is 0.226 e. The molecule has 1 amide bonds. The molecule has 0 spiro atoms. The van der Waals surface area contributed by atoms with E-state index in [9.17, 15) is 4.79 Å². The minimum Gasteiger partial charge on any atom is -0.341 e. The first kappa shape index (κ1) is 15.5. The summed E-state index contributed by atoms with van der Waals surface area (Å²) in [6, 6.07) is 0.473. The number of rotatable bonds is 6. The number of aromatic nitrogens is 2. The van der Waals surface area contributed by atoms with Crippen molar-refractivity contribution in [2.45, 2.75) is 51.0 Å². The molecule has 2 atom stereocenters. The third-order valence-electron chi connectivity index (χ3n) is 4.80. The highest BCUT2D eigenvalue weighted by Gasteiger charge is 2.33. The van der Waals surface area contributed by atoms with Gasteiger partial charge in [-0.25, -0.2) is 0 Å². The second-order valence-corrected chi connectivity index (χ2v) is 6.98. The van der Waals surface area contributed by atoms with Gasteiger partial charge in [0.15, 0.2) is 5.82 Å². The van der Waals surface area contributed by atoms with E-state index in [2.05, 4.69) is 36.1 Å². The summed E-state index contributed by atoms with van der Waals surface area (Å²) < 4.78 is 5.25. The lowest BCUT2D eigenvalue weighted by atomic mass is 10.1. The highest BCUT2D eigenvalue weighted by atomic mass is 16.5. The molecule has 122 valence electrons. The molecule has 1 aromatic rings. The lowest BCUT2D eigenvalue weighted by Gasteiger charge is -2.22. The van der Waals surface area contributed by atoms with Crippen molar-refractivity contribution >= 4 is 5.91 Å². The molecule has 1 saturated carbocycles. The van der Waals surface area contributed by atoms with Crippen LogP contribution >= 0.6 is 0 Å². The Hall–Kier alpha value is -1.43. The SMILES string of the molecule is C[C@H]1CN(C(=O)CCCc2nc(C3CC3)no2)C[C@H]1N(C)C. The number of amides is 1. The largest absolute Gasteiger partial charge is 0.341 e. The molecule has 0 radical (unpaired) electrons. The molecule has 0 bridgehead atoms. The molecule has 1 aliphatic heterocycles. The summed E-state index contributed by atoms with van der Waals surface area (Å²) in [5.41, 5.74) is 0. The second-order valence-electron chi connectivity index (χ2n) is 6.98. The van der Waals surface area contributed by atoms with Crippen molar-refractivity contribution in [1.29, 1.82) is 0 Å². The van der Waals surface area contributed by atoms with Gasteiger partial charge < -0.3 is 14.3 Å². The van der Waals surface area contributed by atoms with Gasteiger partial charge >= 0.3 is 0 Å². The van der Waals surface area contributed by atoms with Gasteiger partial charge in [0, 0.05) is 37.9 Å². The van der Waals surface area contributed by atoms with Gasteiger partial charge in [-0.2, -0.15) is 4.98 Å². The molecule has 1 aliphatic carbocycles. The zero-order valence-electron chi connectivity index (χ0n) is 13.8. The van der Waals surface area contributed by atoms with Crippen LogP contribution in [0.15, 0.2) is 4.52 Å². The van der Waals surface area contributed by atoms with Crippen molar-refractivity contribution in [2.24, 2.45) is 5.92 Å². The summed E-state index contributed by atoms with van der Waals surface area (Å²) in [6.45, 7) is 3.93. The number of aryl methyl sites for hydroxylation is 1. The van der Waals surface area contributed by atoms with Gasteiger partial charge in [0.1, 0.15) is 0 Å². The summed E-state index contributed by atoms with van der Waals surface area (Å²) in [5, 5.41) is 4.01. The Bertz CT molecular complexity index is 524. The molecule has 1 saturated heterocycles. The maximum atomic E-state index is 12.3. The number of carbonyl (C=O) groups excluding carboxylic acids is 1. The van der Waals surface area contributed by atoms with Gasteiger partial charge in [0.05, 0.1) is 0 Å². The van der Waals surface area contributed by atoms with Crippen molar-refractivity contribution in [3.63, 3.8) is 0 Å². The Balaban J connectivity index is 1.42. The zero-order chi connectivity index (χ0) is 15.7. The molecule has 1 aromatic heterocycles. The summed E-state index contributed by atoms with van der Waals surface area (Å²) >= 11 is 0. The van der Waals surface area contributed by atoms with E-state index >= 15 is 0 Å². The van der Waals surface area contributed by atoms with E-state index in [4.69, 9.17) is 4.52 Å². The predicted molar refractivity (Wildman–Crippen MR) is 82.4 cm³/mol. The first-order valence-corrected chi connectivity index (χ1v) is 8.31. The fraction of sp³-hybridized carbons (Fsp3) is 0.812. The van der Waals surface area contributed by atoms with Crippen molar-refractivity contribution in [2.75, 3.05) is 27.2 Å². The molecule has 6 nitrogen and oxygen atoms in total. The van der Waals surface area contributed by atoms with Crippen LogP contribution in [0.5, 0.6) is 0 Å². The van der Waals surface area contributed by atoms with E-state index in [1.807, 2.05) is 4.90 Å². The topological polar surface area (TPSA) is 62.5 Å². The number of hydrogen-bond acceptors (Lipinski definition) is 5. The molecule has 6 heteroatoms. The molecule has 3 rings (SSSR count). The Kier molecular flexibility index (Phi) is 4.47. The first-order valence-electron chi connectivity index (χ1n) is 8.31. The van der Waals surface area contributed by atoms with Crippen molar-refractivity contribution in [3.8, 4) is 0 Å². The predicted octanol–water partition coefficient (Wildman–Crippen LogP) is 1.68. The molecule has 22 heavy (non-hydrogen) atoms. The molecule has 0 N–H and O–H groups in total. The van der Waals surface area contributed by atoms with Crippen LogP contribution < -0.4 is 0 Å². The minimum absolute atomic E-state index is 0.248. The monoisotopic (exact) mass is 306 g/mol. The third-order valence-corrected chi connectivity index (χ3v) is 4.80. The number of likely N-dealkylation sites (tertiary alicyclic amines) is 1. The van der Waals surface area contributed by atoms with Crippen LogP contribution in [0.1, 0.15) is 50.2 Å². The van der Waals surface area contributed by atoms with Crippen LogP contribution in [-0.4, -0.2) is 59.1 Å². The van der Waals surface area contributed by atoms with Crippen molar-refractivity contribution < 1.29 is 9.32 Å². The van der Waals surface area contributed by atoms with Crippen LogP contribution in [0, 0.1) is 5.92 Å². The summed E-state index contributed by atoms with van der Waals surface area (Å²) in [4.78, 5) is 20.9. The van der Waals surface area contributed by atoms with Crippen molar-refractivity contribution in [1.82, 2.24) is 19.9 Å².